The van der Waals surface area contributed by atoms with Gasteiger partial charge in [-0.3, -0.25) is 4.79 Å². The van der Waals surface area contributed by atoms with Gasteiger partial charge in [0.2, 0.25) is 5.91 Å². The monoisotopic (exact) mass is 378 g/mol. The lowest BCUT2D eigenvalue weighted by atomic mass is 9.87. The van der Waals surface area contributed by atoms with E-state index in [1.807, 2.05) is 23.1 Å². The van der Waals surface area contributed by atoms with Crippen LogP contribution in [0.1, 0.15) is 23.5 Å². The quantitative estimate of drug-likeness (QED) is 0.682. The summed E-state index contributed by atoms with van der Waals surface area (Å²) in [6.45, 7) is 2.58. The number of carbonyl (C=O) groups is 1. The standard InChI is InChI=1S/C23H26N2O3/c1-24-16-21(19-5-3-4-6-22(19)24)20(17-7-9-18(27-2)10-8-17)15-23(26)25-11-13-28-14-12-25/h3-10,16,20H,11-15H2,1-2H3/t20-/m0/s1. The van der Waals surface area contributed by atoms with E-state index >= 15 is 0 Å². The Balaban J connectivity index is 1.72. The molecule has 2 heterocycles. The van der Waals surface area contributed by atoms with E-state index in [9.17, 15) is 4.79 Å². The number of carbonyl (C=O) groups excluding carboxylic acids is 1. The molecule has 1 fully saturated rings. The molecule has 5 heteroatoms. The third-order valence-corrected chi connectivity index (χ3v) is 5.56. The average molecular weight is 378 g/mol. The van der Waals surface area contributed by atoms with Crippen molar-refractivity contribution in [3.63, 3.8) is 0 Å². The minimum Gasteiger partial charge on any atom is -0.497 e. The summed E-state index contributed by atoms with van der Waals surface area (Å²) in [7, 11) is 3.72. The topological polar surface area (TPSA) is 43.7 Å². The maximum atomic E-state index is 13.1. The molecule has 0 bridgehead atoms. The molecule has 146 valence electrons. The molecule has 4 rings (SSSR count). The van der Waals surface area contributed by atoms with Gasteiger partial charge in [-0.25, -0.2) is 0 Å². The van der Waals surface area contributed by atoms with Crippen LogP contribution in [0, 0.1) is 0 Å². The number of aryl methyl sites for hydroxylation is 1. The summed E-state index contributed by atoms with van der Waals surface area (Å²) in [5.41, 5.74) is 3.48. The summed E-state index contributed by atoms with van der Waals surface area (Å²) >= 11 is 0. The van der Waals surface area contributed by atoms with Crippen LogP contribution in [0.4, 0.5) is 0 Å². The van der Waals surface area contributed by atoms with Gasteiger partial charge in [-0.2, -0.15) is 0 Å². The van der Waals surface area contributed by atoms with E-state index in [-0.39, 0.29) is 11.8 Å². The number of hydrogen-bond acceptors (Lipinski definition) is 3. The first-order valence-corrected chi connectivity index (χ1v) is 9.71. The largest absolute Gasteiger partial charge is 0.497 e. The Hall–Kier alpha value is -2.79. The first kappa shape index (κ1) is 18.6. The number of para-hydroxylation sites is 1. The highest BCUT2D eigenvalue weighted by Crippen LogP contribution is 2.35. The number of benzene rings is 2. The zero-order valence-electron chi connectivity index (χ0n) is 16.4. The van der Waals surface area contributed by atoms with Crippen molar-refractivity contribution in [3.05, 3.63) is 65.9 Å². The molecule has 1 atom stereocenters. The Labute approximate surface area is 165 Å². The Morgan fingerprint density at radius 1 is 1.11 bits per heavy atom. The highest BCUT2D eigenvalue weighted by Gasteiger charge is 2.25. The summed E-state index contributed by atoms with van der Waals surface area (Å²) in [5.74, 6) is 0.990. The number of aromatic nitrogens is 1. The second-order valence-corrected chi connectivity index (χ2v) is 7.24. The predicted octanol–water partition coefficient (Wildman–Crippen LogP) is 3.57. The smallest absolute Gasteiger partial charge is 0.223 e. The number of methoxy groups -OCH3 is 1. The Kier molecular flexibility index (Phi) is 5.35. The van der Waals surface area contributed by atoms with Crippen LogP contribution in [-0.4, -0.2) is 48.8 Å². The molecule has 0 unspecified atom stereocenters. The molecule has 0 saturated carbocycles. The Morgan fingerprint density at radius 3 is 2.54 bits per heavy atom. The number of hydrogen-bond donors (Lipinski definition) is 0. The number of rotatable bonds is 5. The molecule has 28 heavy (non-hydrogen) atoms. The summed E-state index contributed by atoms with van der Waals surface area (Å²) in [6.07, 6.45) is 2.60. The Bertz CT molecular complexity index is 956. The molecule has 0 radical (unpaired) electrons. The van der Waals surface area contributed by atoms with Crippen LogP contribution in [-0.2, 0) is 16.6 Å². The summed E-state index contributed by atoms with van der Waals surface area (Å²) in [4.78, 5) is 15.0. The lowest BCUT2D eigenvalue weighted by Gasteiger charge is -2.28. The number of morpholine rings is 1. The predicted molar refractivity (Wildman–Crippen MR) is 110 cm³/mol. The summed E-state index contributed by atoms with van der Waals surface area (Å²) < 4.78 is 12.9. The summed E-state index contributed by atoms with van der Waals surface area (Å²) in [5, 5.41) is 1.19. The molecule has 1 aliphatic rings. The van der Waals surface area contributed by atoms with Gasteiger partial charge in [0.1, 0.15) is 5.75 Å². The van der Waals surface area contributed by atoms with Crippen LogP contribution in [0.3, 0.4) is 0 Å². The molecule has 3 aromatic rings. The van der Waals surface area contributed by atoms with Gasteiger partial charge in [0.25, 0.3) is 0 Å². The first-order chi connectivity index (χ1) is 13.7. The number of fused-ring (bicyclic) bond motifs is 1. The van der Waals surface area contributed by atoms with Crippen LogP contribution >= 0.6 is 0 Å². The second-order valence-electron chi connectivity index (χ2n) is 7.24. The van der Waals surface area contributed by atoms with Crippen molar-refractivity contribution >= 4 is 16.8 Å². The fraction of sp³-hybridized carbons (Fsp3) is 0.348. The maximum Gasteiger partial charge on any atom is 0.223 e. The molecule has 5 nitrogen and oxygen atoms in total. The fourth-order valence-electron chi connectivity index (χ4n) is 4.01. The Morgan fingerprint density at radius 2 is 1.82 bits per heavy atom. The molecule has 1 aromatic heterocycles. The maximum absolute atomic E-state index is 13.1. The molecule has 1 aliphatic heterocycles. The SMILES string of the molecule is COc1ccc([C@H](CC(=O)N2CCOCC2)c2cn(C)c3ccccc23)cc1. The normalized spacial score (nSPS) is 15.6. The molecule has 1 saturated heterocycles. The molecule has 0 aliphatic carbocycles. The lowest BCUT2D eigenvalue weighted by molar-refractivity contribution is -0.135. The summed E-state index contributed by atoms with van der Waals surface area (Å²) in [6, 6.07) is 16.4. The number of amides is 1. The van der Waals surface area contributed by atoms with E-state index in [4.69, 9.17) is 9.47 Å². The number of ether oxygens (including phenoxy) is 2. The van der Waals surface area contributed by atoms with Crippen molar-refractivity contribution in [3.8, 4) is 5.75 Å². The van der Waals surface area contributed by atoms with Crippen molar-refractivity contribution in [2.24, 2.45) is 7.05 Å². The van der Waals surface area contributed by atoms with Crippen molar-refractivity contribution in [1.82, 2.24) is 9.47 Å². The van der Waals surface area contributed by atoms with E-state index in [0.717, 1.165) is 11.3 Å². The number of nitrogens with zero attached hydrogens (tertiary/aromatic N) is 2. The van der Waals surface area contributed by atoms with Crippen molar-refractivity contribution in [2.75, 3.05) is 33.4 Å². The first-order valence-electron chi connectivity index (χ1n) is 9.71. The van der Waals surface area contributed by atoms with Crippen LogP contribution in [0.15, 0.2) is 54.7 Å². The van der Waals surface area contributed by atoms with Crippen LogP contribution in [0.25, 0.3) is 10.9 Å². The minimum atomic E-state index is -0.00708. The van der Waals surface area contributed by atoms with Crippen LogP contribution in [0.5, 0.6) is 5.75 Å². The van der Waals surface area contributed by atoms with Crippen molar-refractivity contribution < 1.29 is 14.3 Å². The molecular weight excluding hydrogens is 352 g/mol. The van der Waals surface area contributed by atoms with E-state index in [2.05, 4.69) is 48.1 Å². The molecule has 0 spiro atoms. The lowest BCUT2D eigenvalue weighted by Crippen LogP contribution is -2.41. The van der Waals surface area contributed by atoms with Gasteiger partial charge in [-0.1, -0.05) is 30.3 Å². The molecular formula is C23H26N2O3. The molecule has 2 aromatic carbocycles. The van der Waals surface area contributed by atoms with Gasteiger partial charge >= 0.3 is 0 Å². The zero-order chi connectivity index (χ0) is 19.5. The van der Waals surface area contributed by atoms with Gasteiger partial charge < -0.3 is 18.9 Å². The van der Waals surface area contributed by atoms with Gasteiger partial charge in [0.05, 0.1) is 20.3 Å². The average Bonchev–Trinajstić information content (AvgIpc) is 3.09. The third-order valence-electron chi connectivity index (χ3n) is 5.56. The zero-order valence-corrected chi connectivity index (χ0v) is 16.4. The van der Waals surface area contributed by atoms with E-state index < -0.39 is 0 Å². The highest BCUT2D eigenvalue weighted by atomic mass is 16.5. The second kappa shape index (κ2) is 8.07. The fourth-order valence-corrected chi connectivity index (χ4v) is 4.01. The van der Waals surface area contributed by atoms with E-state index in [0.29, 0.717) is 32.7 Å². The third kappa shape index (κ3) is 3.62. The van der Waals surface area contributed by atoms with Gasteiger partial charge in [-0.15, -0.1) is 0 Å². The van der Waals surface area contributed by atoms with Gasteiger partial charge in [0, 0.05) is 49.6 Å². The van der Waals surface area contributed by atoms with Crippen molar-refractivity contribution in [1.29, 1.82) is 0 Å². The molecule has 1 amide bonds. The minimum absolute atomic E-state index is 0.00708. The van der Waals surface area contributed by atoms with E-state index in [1.165, 1.54) is 16.5 Å². The highest BCUT2D eigenvalue weighted by molar-refractivity contribution is 5.86. The van der Waals surface area contributed by atoms with Gasteiger partial charge in [0.15, 0.2) is 0 Å². The van der Waals surface area contributed by atoms with Crippen LogP contribution in [0.2, 0.25) is 0 Å². The van der Waals surface area contributed by atoms with E-state index in [1.54, 1.807) is 7.11 Å². The van der Waals surface area contributed by atoms with Gasteiger partial charge in [-0.05, 0) is 29.3 Å². The van der Waals surface area contributed by atoms with Crippen LogP contribution < -0.4 is 4.74 Å². The molecule has 0 N–H and O–H groups in total. The van der Waals surface area contributed by atoms with Crippen molar-refractivity contribution in [2.45, 2.75) is 12.3 Å².